The molecule has 2 aromatic rings. The second-order valence-corrected chi connectivity index (χ2v) is 4.60. The number of nitrogens with two attached hydrogens (primary N) is 1. The lowest BCUT2D eigenvalue weighted by atomic mass is 10.1. The number of carbonyl (C=O) groups excluding carboxylic acids is 2. The molecule has 0 aliphatic heterocycles. The minimum Gasteiger partial charge on any atom is -0.351 e. The van der Waals surface area contributed by atoms with Crippen LogP contribution in [0, 0.1) is 0 Å². The Morgan fingerprint density at radius 1 is 0.913 bits per heavy atom. The van der Waals surface area contributed by atoms with Gasteiger partial charge in [0.05, 0.1) is 5.56 Å². The summed E-state index contributed by atoms with van der Waals surface area (Å²) < 4.78 is 37.9. The van der Waals surface area contributed by atoms with Gasteiger partial charge in [0, 0.05) is 16.9 Å². The van der Waals surface area contributed by atoms with E-state index in [2.05, 4.69) is 10.6 Å². The van der Waals surface area contributed by atoms with Crippen molar-refractivity contribution < 1.29 is 22.8 Å². The molecular formula is C15H12F3N3O2. The van der Waals surface area contributed by atoms with Crippen LogP contribution in [-0.2, 0) is 6.18 Å². The number of anilines is 2. The van der Waals surface area contributed by atoms with Crippen molar-refractivity contribution in [1.82, 2.24) is 0 Å². The molecule has 0 fully saturated rings. The lowest BCUT2D eigenvalue weighted by molar-refractivity contribution is -0.137. The molecule has 23 heavy (non-hydrogen) atoms. The standard InChI is InChI=1S/C15H12F3N3O2/c16-15(17,18)10-4-2-6-12(8-10)20-13(22)9-3-1-5-11(7-9)21-14(19)23/h1-8H,(H,20,22)(H3,19,21,23). The van der Waals surface area contributed by atoms with Crippen LogP contribution >= 0.6 is 0 Å². The number of hydrogen-bond donors (Lipinski definition) is 3. The van der Waals surface area contributed by atoms with Gasteiger partial charge in [0.15, 0.2) is 0 Å². The highest BCUT2D eigenvalue weighted by atomic mass is 19.4. The molecule has 2 rings (SSSR count). The van der Waals surface area contributed by atoms with E-state index < -0.39 is 23.7 Å². The van der Waals surface area contributed by atoms with Crippen molar-refractivity contribution in [3.8, 4) is 0 Å². The molecule has 2 aromatic carbocycles. The largest absolute Gasteiger partial charge is 0.416 e. The maximum atomic E-state index is 12.6. The summed E-state index contributed by atoms with van der Waals surface area (Å²) in [5.41, 5.74) is 4.59. The van der Waals surface area contributed by atoms with Crippen LogP contribution in [0.2, 0.25) is 0 Å². The van der Waals surface area contributed by atoms with E-state index in [9.17, 15) is 22.8 Å². The monoisotopic (exact) mass is 323 g/mol. The molecule has 3 amide bonds. The van der Waals surface area contributed by atoms with Crippen LogP contribution in [0.25, 0.3) is 0 Å². The summed E-state index contributed by atoms with van der Waals surface area (Å²) >= 11 is 0. The van der Waals surface area contributed by atoms with E-state index in [1.165, 1.54) is 36.4 Å². The first-order valence-corrected chi connectivity index (χ1v) is 6.41. The van der Waals surface area contributed by atoms with E-state index >= 15 is 0 Å². The molecule has 120 valence electrons. The van der Waals surface area contributed by atoms with Crippen LogP contribution in [0.5, 0.6) is 0 Å². The van der Waals surface area contributed by atoms with Crippen molar-refractivity contribution in [3.63, 3.8) is 0 Å². The summed E-state index contributed by atoms with van der Waals surface area (Å²) in [4.78, 5) is 22.9. The van der Waals surface area contributed by atoms with Crippen molar-refractivity contribution >= 4 is 23.3 Å². The van der Waals surface area contributed by atoms with Gasteiger partial charge in [0.1, 0.15) is 0 Å². The summed E-state index contributed by atoms with van der Waals surface area (Å²) in [6, 6.07) is 9.33. The zero-order valence-corrected chi connectivity index (χ0v) is 11.6. The van der Waals surface area contributed by atoms with E-state index in [-0.39, 0.29) is 11.3 Å². The van der Waals surface area contributed by atoms with E-state index in [4.69, 9.17) is 5.73 Å². The van der Waals surface area contributed by atoms with E-state index in [0.29, 0.717) is 5.69 Å². The Balaban J connectivity index is 2.18. The number of primary amides is 1. The minimum absolute atomic E-state index is 0.0121. The highest BCUT2D eigenvalue weighted by Gasteiger charge is 2.30. The maximum absolute atomic E-state index is 12.6. The first-order valence-electron chi connectivity index (χ1n) is 6.41. The van der Waals surface area contributed by atoms with E-state index in [0.717, 1.165) is 12.1 Å². The lowest BCUT2D eigenvalue weighted by Crippen LogP contribution is -2.20. The number of halogens is 3. The van der Waals surface area contributed by atoms with Gasteiger partial charge in [0.2, 0.25) is 0 Å². The molecule has 8 heteroatoms. The van der Waals surface area contributed by atoms with E-state index in [1.54, 1.807) is 0 Å². The van der Waals surface area contributed by atoms with Crippen LogP contribution in [-0.4, -0.2) is 11.9 Å². The summed E-state index contributed by atoms with van der Waals surface area (Å²) in [6.45, 7) is 0. The van der Waals surface area contributed by atoms with Gasteiger partial charge in [-0.25, -0.2) is 4.79 Å². The van der Waals surface area contributed by atoms with Crippen molar-refractivity contribution in [2.24, 2.45) is 5.73 Å². The summed E-state index contributed by atoms with van der Waals surface area (Å²) in [7, 11) is 0. The number of nitrogens with one attached hydrogen (secondary N) is 2. The summed E-state index contributed by atoms with van der Waals surface area (Å²) in [5.74, 6) is -0.613. The zero-order chi connectivity index (χ0) is 17.0. The molecule has 0 radical (unpaired) electrons. The molecule has 0 aromatic heterocycles. The lowest BCUT2D eigenvalue weighted by Gasteiger charge is -2.10. The predicted molar refractivity (Wildman–Crippen MR) is 79.0 cm³/mol. The topological polar surface area (TPSA) is 84.2 Å². The molecule has 5 nitrogen and oxygen atoms in total. The van der Waals surface area contributed by atoms with Crippen molar-refractivity contribution in [2.75, 3.05) is 10.6 Å². The van der Waals surface area contributed by atoms with Crippen LogP contribution in [0.15, 0.2) is 48.5 Å². The number of alkyl halides is 3. The summed E-state index contributed by atoms with van der Waals surface area (Å²) in [6.07, 6.45) is -4.49. The fourth-order valence-corrected chi connectivity index (χ4v) is 1.86. The Morgan fingerprint density at radius 3 is 2.13 bits per heavy atom. The second-order valence-electron chi connectivity index (χ2n) is 4.60. The fraction of sp³-hybridized carbons (Fsp3) is 0.0667. The number of rotatable bonds is 3. The third kappa shape index (κ3) is 4.47. The molecule has 4 N–H and O–H groups in total. The van der Waals surface area contributed by atoms with Crippen LogP contribution < -0.4 is 16.4 Å². The smallest absolute Gasteiger partial charge is 0.351 e. The number of urea groups is 1. The molecule has 0 saturated carbocycles. The normalized spacial score (nSPS) is 10.9. The Labute approximate surface area is 129 Å². The van der Waals surface area contributed by atoms with Gasteiger partial charge in [-0.1, -0.05) is 12.1 Å². The average Bonchev–Trinajstić information content (AvgIpc) is 2.46. The Kier molecular flexibility index (Phi) is 4.54. The molecule has 0 heterocycles. The minimum atomic E-state index is -4.49. The van der Waals surface area contributed by atoms with Gasteiger partial charge in [-0.3, -0.25) is 4.79 Å². The molecule has 0 aliphatic rings. The van der Waals surface area contributed by atoms with E-state index in [1.807, 2.05) is 0 Å². The zero-order valence-electron chi connectivity index (χ0n) is 11.6. The number of benzene rings is 2. The number of carbonyl (C=O) groups is 2. The SMILES string of the molecule is NC(=O)Nc1cccc(C(=O)Nc2cccc(C(F)(F)F)c2)c1. The molecular weight excluding hydrogens is 311 g/mol. The van der Waals surface area contributed by atoms with Gasteiger partial charge >= 0.3 is 12.2 Å². The molecule has 0 aliphatic carbocycles. The van der Waals surface area contributed by atoms with Crippen molar-refractivity contribution in [2.45, 2.75) is 6.18 Å². The highest BCUT2D eigenvalue weighted by molar-refractivity contribution is 6.05. The van der Waals surface area contributed by atoms with Gasteiger partial charge in [0.25, 0.3) is 5.91 Å². The number of amides is 3. The van der Waals surface area contributed by atoms with Gasteiger partial charge in [-0.2, -0.15) is 13.2 Å². The van der Waals surface area contributed by atoms with Crippen LogP contribution in [0.3, 0.4) is 0 Å². The molecule has 0 saturated heterocycles. The van der Waals surface area contributed by atoms with Gasteiger partial charge in [-0.15, -0.1) is 0 Å². The van der Waals surface area contributed by atoms with Crippen molar-refractivity contribution in [3.05, 3.63) is 59.7 Å². The molecule has 0 unspecified atom stereocenters. The first kappa shape index (κ1) is 16.3. The highest BCUT2D eigenvalue weighted by Crippen LogP contribution is 2.30. The predicted octanol–water partition coefficient (Wildman–Crippen LogP) is 3.45. The average molecular weight is 323 g/mol. The first-order chi connectivity index (χ1) is 10.8. The second kappa shape index (κ2) is 6.39. The molecule has 0 bridgehead atoms. The number of hydrogen-bond acceptors (Lipinski definition) is 2. The van der Waals surface area contributed by atoms with Crippen molar-refractivity contribution in [1.29, 1.82) is 0 Å². The quantitative estimate of drug-likeness (QED) is 0.808. The third-order valence-electron chi connectivity index (χ3n) is 2.84. The maximum Gasteiger partial charge on any atom is 0.416 e. The van der Waals surface area contributed by atoms with Crippen LogP contribution in [0.1, 0.15) is 15.9 Å². The Bertz CT molecular complexity index is 745. The third-order valence-corrected chi connectivity index (χ3v) is 2.84. The Hall–Kier alpha value is -3.03. The van der Waals surface area contributed by atoms with Crippen LogP contribution in [0.4, 0.5) is 29.3 Å². The van der Waals surface area contributed by atoms with Gasteiger partial charge in [-0.05, 0) is 36.4 Å². The molecule has 0 atom stereocenters. The summed E-state index contributed by atoms with van der Waals surface area (Å²) in [5, 5.41) is 4.67. The Morgan fingerprint density at radius 2 is 1.52 bits per heavy atom. The molecule has 0 spiro atoms. The van der Waals surface area contributed by atoms with Gasteiger partial charge < -0.3 is 16.4 Å². The fourth-order valence-electron chi connectivity index (χ4n) is 1.86.